The molecule has 0 unspecified atom stereocenters. The molecular weight excluding hydrogens is 456 g/mol. The molecule has 2 heterocycles. The molecule has 2 amide bonds. The van der Waals surface area contributed by atoms with Gasteiger partial charge in [-0.3, -0.25) is 9.59 Å². The Morgan fingerprint density at radius 2 is 1.97 bits per heavy atom. The number of rotatable bonds is 9. The van der Waals surface area contributed by atoms with Crippen molar-refractivity contribution in [2.24, 2.45) is 11.8 Å². The smallest absolute Gasteiger partial charge is 0.251 e. The normalized spacial score (nSPS) is 21.5. The van der Waals surface area contributed by atoms with Crippen molar-refractivity contribution >= 4 is 17.6 Å². The van der Waals surface area contributed by atoms with Gasteiger partial charge in [0.25, 0.3) is 5.91 Å². The second-order valence-electron chi connectivity index (χ2n) is 10.3. The number of aliphatic hydroxyl groups excluding tert-OH is 1. The Morgan fingerprint density at radius 1 is 1.22 bits per heavy atom. The van der Waals surface area contributed by atoms with E-state index in [1.807, 2.05) is 13.8 Å². The van der Waals surface area contributed by atoms with Crippen molar-refractivity contribution in [2.45, 2.75) is 104 Å². The zero-order valence-electron chi connectivity index (χ0n) is 22.8. The van der Waals surface area contributed by atoms with Crippen molar-refractivity contribution in [3.63, 3.8) is 0 Å². The number of amides is 2. The molecule has 0 fully saturated rings. The molecule has 8 heteroatoms. The van der Waals surface area contributed by atoms with Gasteiger partial charge in [-0.05, 0) is 44.6 Å². The molecule has 0 saturated heterocycles. The molecule has 0 spiro atoms. The van der Waals surface area contributed by atoms with Crippen LogP contribution in [0.4, 0.5) is 5.82 Å². The minimum Gasteiger partial charge on any atom is -0.478 e. The van der Waals surface area contributed by atoms with Crippen LogP contribution in [0.1, 0.15) is 102 Å². The first-order valence-electron chi connectivity index (χ1n) is 14.0. The number of nitrogens with zero attached hydrogens (tertiary/aromatic N) is 1. The van der Waals surface area contributed by atoms with Crippen molar-refractivity contribution in [1.82, 2.24) is 15.6 Å². The fraction of sp³-hybridized carbons (Fsp3) is 0.750. The van der Waals surface area contributed by atoms with Crippen LogP contribution < -0.4 is 20.7 Å². The monoisotopic (exact) mass is 504 g/mol. The molecule has 204 valence electrons. The van der Waals surface area contributed by atoms with E-state index in [2.05, 4.69) is 34.8 Å². The van der Waals surface area contributed by atoms with Gasteiger partial charge in [0.1, 0.15) is 5.82 Å². The first-order chi connectivity index (χ1) is 17.3. The van der Waals surface area contributed by atoms with Crippen molar-refractivity contribution in [3.05, 3.63) is 17.7 Å². The van der Waals surface area contributed by atoms with Gasteiger partial charge in [-0.2, -0.15) is 4.98 Å². The summed E-state index contributed by atoms with van der Waals surface area (Å²) in [6, 6.07) is 2.93. The second kappa shape index (κ2) is 16.4. The van der Waals surface area contributed by atoms with Crippen molar-refractivity contribution < 1.29 is 19.4 Å². The molecular formula is C28H48N4O4. The number of aromatic nitrogens is 1. The van der Waals surface area contributed by atoms with E-state index in [-0.39, 0.29) is 17.7 Å². The fourth-order valence-corrected chi connectivity index (χ4v) is 4.62. The van der Waals surface area contributed by atoms with Crippen LogP contribution in [0.5, 0.6) is 5.88 Å². The highest BCUT2D eigenvalue weighted by Crippen LogP contribution is 2.22. The second-order valence-corrected chi connectivity index (χ2v) is 10.3. The Bertz CT molecular complexity index is 804. The zero-order chi connectivity index (χ0) is 26.3. The summed E-state index contributed by atoms with van der Waals surface area (Å²) in [5.74, 6) is 0.689. The van der Waals surface area contributed by atoms with Crippen LogP contribution in [-0.4, -0.2) is 53.7 Å². The molecule has 2 rings (SSSR count). The third-order valence-electron chi connectivity index (χ3n) is 6.85. The summed E-state index contributed by atoms with van der Waals surface area (Å²) in [5, 5.41) is 20.5. The number of carbonyl (C=O) groups is 2. The van der Waals surface area contributed by atoms with Crippen LogP contribution in [0.3, 0.4) is 0 Å². The van der Waals surface area contributed by atoms with Crippen molar-refractivity contribution in [2.75, 3.05) is 25.0 Å². The highest BCUT2D eigenvalue weighted by molar-refractivity contribution is 5.95. The predicted octanol–water partition coefficient (Wildman–Crippen LogP) is 4.67. The molecule has 2 bridgehead atoms. The maximum absolute atomic E-state index is 13.3. The molecule has 1 aromatic heterocycles. The van der Waals surface area contributed by atoms with Gasteiger partial charge in [0.15, 0.2) is 0 Å². The Labute approximate surface area is 217 Å². The Morgan fingerprint density at radius 3 is 2.72 bits per heavy atom. The van der Waals surface area contributed by atoms with Crippen LogP contribution >= 0.6 is 0 Å². The summed E-state index contributed by atoms with van der Waals surface area (Å²) >= 11 is 0. The standard InChI is InChI=1S/C28H48N4O4/c1-5-7-14-30-27(34)21(4)17-24(33)23-16-20(3)13-11-9-8-10-12-15-29-25-18-22(28(35)31-23)19-26(32-25)36-6-2/h18-21,23-24,33H,5-17H2,1-4H3,(H,29,32)(H,30,34)(H,31,35)/t20-,21-,23+,24+/m1/s1. The van der Waals surface area contributed by atoms with E-state index in [1.165, 1.54) is 12.8 Å². The van der Waals surface area contributed by atoms with Crippen molar-refractivity contribution in [3.8, 4) is 5.88 Å². The number of ether oxygens (including phenoxy) is 1. The topological polar surface area (TPSA) is 113 Å². The minimum absolute atomic E-state index is 0.0544. The average Bonchev–Trinajstić information content (AvgIpc) is 2.84. The summed E-state index contributed by atoms with van der Waals surface area (Å²) < 4.78 is 5.60. The van der Waals surface area contributed by atoms with Gasteiger partial charge in [0, 0.05) is 30.6 Å². The molecule has 36 heavy (non-hydrogen) atoms. The van der Waals surface area contributed by atoms with E-state index in [9.17, 15) is 14.7 Å². The number of fused-ring (bicyclic) bond motifs is 2. The fourth-order valence-electron chi connectivity index (χ4n) is 4.62. The number of unbranched alkanes of at least 4 members (excludes halogenated alkanes) is 1. The lowest BCUT2D eigenvalue weighted by atomic mass is 9.89. The summed E-state index contributed by atoms with van der Waals surface area (Å²) in [6.45, 7) is 9.87. The third kappa shape index (κ3) is 10.7. The molecule has 0 aliphatic carbocycles. The molecule has 0 aromatic carbocycles. The number of hydrogen-bond donors (Lipinski definition) is 4. The van der Waals surface area contributed by atoms with Crippen LogP contribution in [0.25, 0.3) is 0 Å². The van der Waals surface area contributed by atoms with E-state index >= 15 is 0 Å². The van der Waals surface area contributed by atoms with E-state index in [0.29, 0.717) is 49.2 Å². The van der Waals surface area contributed by atoms with Gasteiger partial charge in [-0.15, -0.1) is 0 Å². The number of carbonyl (C=O) groups excluding carboxylic acids is 2. The third-order valence-corrected chi connectivity index (χ3v) is 6.85. The lowest BCUT2D eigenvalue weighted by molar-refractivity contribution is -0.125. The van der Waals surface area contributed by atoms with Gasteiger partial charge in [-0.1, -0.05) is 59.3 Å². The lowest BCUT2D eigenvalue weighted by Gasteiger charge is -2.28. The van der Waals surface area contributed by atoms with Crippen molar-refractivity contribution in [1.29, 1.82) is 0 Å². The minimum atomic E-state index is -0.826. The average molecular weight is 505 g/mol. The van der Waals surface area contributed by atoms with E-state index < -0.39 is 12.1 Å². The Hall–Kier alpha value is -2.35. The van der Waals surface area contributed by atoms with Crippen LogP contribution in [0.2, 0.25) is 0 Å². The molecule has 1 aromatic rings. The zero-order valence-corrected chi connectivity index (χ0v) is 22.8. The lowest BCUT2D eigenvalue weighted by Crippen LogP contribution is -2.46. The molecule has 8 nitrogen and oxygen atoms in total. The number of hydrogen-bond acceptors (Lipinski definition) is 6. The molecule has 4 atom stereocenters. The van der Waals surface area contributed by atoms with E-state index in [4.69, 9.17) is 4.74 Å². The maximum atomic E-state index is 13.3. The Balaban J connectivity index is 2.20. The van der Waals surface area contributed by atoms with Gasteiger partial charge in [0.2, 0.25) is 11.8 Å². The predicted molar refractivity (Wildman–Crippen MR) is 144 cm³/mol. The molecule has 0 saturated carbocycles. The van der Waals surface area contributed by atoms with E-state index in [0.717, 1.165) is 45.1 Å². The van der Waals surface area contributed by atoms with Gasteiger partial charge in [0.05, 0.1) is 18.8 Å². The molecule has 0 radical (unpaired) electrons. The van der Waals surface area contributed by atoms with Crippen LogP contribution in [0.15, 0.2) is 12.1 Å². The van der Waals surface area contributed by atoms with E-state index in [1.54, 1.807) is 12.1 Å². The van der Waals surface area contributed by atoms with Crippen LogP contribution in [0, 0.1) is 11.8 Å². The highest BCUT2D eigenvalue weighted by Gasteiger charge is 2.28. The SMILES string of the molecule is CCCCNC(=O)[C@H](C)C[C@H](O)[C@@H]1C[C@H](C)CCCCCCCNc2cc(cc(OCC)n2)C(=O)N1. The first kappa shape index (κ1) is 29.9. The number of anilines is 1. The van der Waals surface area contributed by atoms with Gasteiger partial charge < -0.3 is 25.8 Å². The Kier molecular flexibility index (Phi) is 13.6. The molecule has 1 aliphatic rings. The maximum Gasteiger partial charge on any atom is 0.251 e. The number of nitrogens with one attached hydrogen (secondary N) is 3. The summed E-state index contributed by atoms with van der Waals surface area (Å²) in [5.41, 5.74) is 0.443. The molecule has 1 aliphatic heterocycles. The largest absolute Gasteiger partial charge is 0.478 e. The summed E-state index contributed by atoms with van der Waals surface area (Å²) in [4.78, 5) is 30.3. The highest BCUT2D eigenvalue weighted by atomic mass is 16.5. The first-order valence-corrected chi connectivity index (χ1v) is 14.0. The van der Waals surface area contributed by atoms with Gasteiger partial charge >= 0.3 is 0 Å². The number of pyridine rings is 1. The summed E-state index contributed by atoms with van der Waals surface area (Å²) in [7, 11) is 0. The summed E-state index contributed by atoms with van der Waals surface area (Å²) in [6.07, 6.45) is 8.85. The quantitative estimate of drug-likeness (QED) is 0.364. The van der Waals surface area contributed by atoms with Crippen LogP contribution in [-0.2, 0) is 4.79 Å². The van der Waals surface area contributed by atoms with Gasteiger partial charge in [-0.25, -0.2) is 0 Å². The number of aliphatic hydroxyl groups is 1. The molecule has 4 N–H and O–H groups in total.